The highest BCUT2D eigenvalue weighted by Gasteiger charge is 2.24. The molecule has 1 unspecified atom stereocenters. The summed E-state index contributed by atoms with van der Waals surface area (Å²) in [5.41, 5.74) is 1.11. The second-order valence-corrected chi connectivity index (χ2v) is 7.91. The maximum atomic E-state index is 12.1. The van der Waals surface area contributed by atoms with Gasteiger partial charge in [0.25, 0.3) is 0 Å². The number of rotatable bonds is 8. The van der Waals surface area contributed by atoms with Crippen molar-refractivity contribution in [2.45, 2.75) is 44.9 Å². The highest BCUT2D eigenvalue weighted by molar-refractivity contribution is 5.80. The standard InChI is InChI=1S/C22H31N5O4/c1-29-17-6-3-5-16(21(17)30-2)15-26-11-9-20-25-24-19(27(20)13-12-26)8-10-23-22(28)18-7-4-14-31-18/h3,5-6,18H,4,7-15H2,1-2H3,(H,23,28). The first-order valence-corrected chi connectivity index (χ1v) is 10.9. The van der Waals surface area contributed by atoms with E-state index in [4.69, 9.17) is 14.2 Å². The molecule has 0 spiro atoms. The number of carbonyl (C=O) groups is 1. The van der Waals surface area contributed by atoms with E-state index in [2.05, 4.69) is 31.0 Å². The van der Waals surface area contributed by atoms with Gasteiger partial charge in [-0.1, -0.05) is 12.1 Å². The molecule has 0 radical (unpaired) electrons. The van der Waals surface area contributed by atoms with Crippen molar-refractivity contribution in [3.05, 3.63) is 35.4 Å². The van der Waals surface area contributed by atoms with Gasteiger partial charge in [-0.3, -0.25) is 9.69 Å². The van der Waals surface area contributed by atoms with Crippen molar-refractivity contribution in [3.63, 3.8) is 0 Å². The number of hydrogen-bond donors (Lipinski definition) is 1. The molecule has 1 atom stereocenters. The van der Waals surface area contributed by atoms with Gasteiger partial charge in [0.15, 0.2) is 11.5 Å². The Kier molecular flexibility index (Phi) is 7.03. The van der Waals surface area contributed by atoms with Crippen LogP contribution in [-0.2, 0) is 35.5 Å². The molecule has 9 nitrogen and oxygen atoms in total. The molecule has 1 aromatic heterocycles. The quantitative estimate of drug-likeness (QED) is 0.674. The van der Waals surface area contributed by atoms with Crippen molar-refractivity contribution in [1.82, 2.24) is 25.0 Å². The Morgan fingerprint density at radius 1 is 1.23 bits per heavy atom. The van der Waals surface area contributed by atoms with E-state index in [1.807, 2.05) is 12.1 Å². The van der Waals surface area contributed by atoms with Crippen molar-refractivity contribution in [2.24, 2.45) is 0 Å². The van der Waals surface area contributed by atoms with Gasteiger partial charge in [0.2, 0.25) is 5.91 Å². The van der Waals surface area contributed by atoms with E-state index >= 15 is 0 Å². The normalized spacial score (nSPS) is 19.0. The van der Waals surface area contributed by atoms with Gasteiger partial charge in [0, 0.05) is 57.7 Å². The van der Waals surface area contributed by atoms with Crippen LogP contribution >= 0.6 is 0 Å². The van der Waals surface area contributed by atoms with Crippen molar-refractivity contribution in [2.75, 3.05) is 40.5 Å². The highest BCUT2D eigenvalue weighted by Crippen LogP contribution is 2.31. The van der Waals surface area contributed by atoms with Crippen LogP contribution in [0, 0.1) is 0 Å². The average molecular weight is 430 g/mol. The minimum atomic E-state index is -0.294. The molecule has 1 fully saturated rings. The summed E-state index contributed by atoms with van der Waals surface area (Å²) in [4.78, 5) is 14.5. The lowest BCUT2D eigenvalue weighted by Gasteiger charge is -2.21. The van der Waals surface area contributed by atoms with Crippen LogP contribution in [0.25, 0.3) is 0 Å². The zero-order valence-corrected chi connectivity index (χ0v) is 18.3. The first kappa shape index (κ1) is 21.6. The molecule has 1 N–H and O–H groups in total. The number of benzene rings is 1. The molecule has 3 heterocycles. The molecule has 1 amide bonds. The molecular formula is C22H31N5O4. The SMILES string of the molecule is COc1cccc(CN2CCc3nnc(CCNC(=O)C4CCCO4)n3CC2)c1OC. The Balaban J connectivity index is 1.33. The summed E-state index contributed by atoms with van der Waals surface area (Å²) in [5.74, 6) is 3.44. The topological polar surface area (TPSA) is 90.7 Å². The number of carbonyl (C=O) groups excluding carboxylic acids is 1. The van der Waals surface area contributed by atoms with E-state index in [1.165, 1.54) is 0 Å². The van der Waals surface area contributed by atoms with Crippen molar-refractivity contribution >= 4 is 5.91 Å². The third-order valence-electron chi connectivity index (χ3n) is 5.94. The van der Waals surface area contributed by atoms with E-state index in [0.29, 0.717) is 19.6 Å². The molecule has 31 heavy (non-hydrogen) atoms. The van der Waals surface area contributed by atoms with Gasteiger partial charge in [0.05, 0.1) is 14.2 Å². The van der Waals surface area contributed by atoms with Gasteiger partial charge >= 0.3 is 0 Å². The lowest BCUT2D eigenvalue weighted by molar-refractivity contribution is -0.130. The first-order valence-electron chi connectivity index (χ1n) is 10.9. The van der Waals surface area contributed by atoms with Crippen molar-refractivity contribution in [3.8, 4) is 11.5 Å². The minimum Gasteiger partial charge on any atom is -0.493 e. The van der Waals surface area contributed by atoms with E-state index in [1.54, 1.807) is 14.2 Å². The van der Waals surface area contributed by atoms with Crippen LogP contribution in [0.15, 0.2) is 18.2 Å². The smallest absolute Gasteiger partial charge is 0.249 e. The molecule has 0 aliphatic carbocycles. The third kappa shape index (κ3) is 4.99. The van der Waals surface area contributed by atoms with Gasteiger partial charge in [-0.25, -0.2) is 0 Å². The lowest BCUT2D eigenvalue weighted by Crippen LogP contribution is -2.35. The maximum absolute atomic E-state index is 12.1. The van der Waals surface area contributed by atoms with Crippen molar-refractivity contribution in [1.29, 1.82) is 0 Å². The summed E-state index contributed by atoms with van der Waals surface area (Å²) in [6, 6.07) is 5.98. The molecule has 0 saturated carbocycles. The molecule has 0 bridgehead atoms. The van der Waals surface area contributed by atoms with E-state index in [-0.39, 0.29) is 12.0 Å². The zero-order chi connectivity index (χ0) is 21.6. The number of nitrogens with zero attached hydrogens (tertiary/aromatic N) is 4. The van der Waals surface area contributed by atoms with Crippen LogP contribution in [0.2, 0.25) is 0 Å². The Morgan fingerprint density at radius 3 is 2.90 bits per heavy atom. The zero-order valence-electron chi connectivity index (χ0n) is 18.3. The van der Waals surface area contributed by atoms with E-state index < -0.39 is 0 Å². The monoisotopic (exact) mass is 429 g/mol. The second-order valence-electron chi connectivity index (χ2n) is 7.91. The number of fused-ring (bicyclic) bond motifs is 1. The fourth-order valence-corrected chi connectivity index (χ4v) is 4.28. The predicted octanol–water partition coefficient (Wildman–Crippen LogP) is 1.19. The van der Waals surface area contributed by atoms with Gasteiger partial charge in [-0.2, -0.15) is 0 Å². The Labute approximate surface area is 182 Å². The van der Waals surface area contributed by atoms with Crippen molar-refractivity contribution < 1.29 is 19.0 Å². The largest absolute Gasteiger partial charge is 0.493 e. The number of ether oxygens (including phenoxy) is 3. The molecule has 4 rings (SSSR count). The van der Waals surface area contributed by atoms with E-state index in [0.717, 1.165) is 74.2 Å². The summed E-state index contributed by atoms with van der Waals surface area (Å²) >= 11 is 0. The van der Waals surface area contributed by atoms with Gasteiger partial charge in [0.1, 0.15) is 17.8 Å². The first-order chi connectivity index (χ1) is 15.2. The second kappa shape index (κ2) is 10.1. The van der Waals surface area contributed by atoms with Crippen LogP contribution in [0.5, 0.6) is 11.5 Å². The number of para-hydroxylation sites is 1. The van der Waals surface area contributed by atoms with Crippen LogP contribution in [-0.4, -0.2) is 72.1 Å². The fourth-order valence-electron chi connectivity index (χ4n) is 4.28. The molecule has 2 aliphatic rings. The average Bonchev–Trinajstić information content (AvgIpc) is 3.41. The third-order valence-corrected chi connectivity index (χ3v) is 5.94. The lowest BCUT2D eigenvalue weighted by atomic mass is 10.1. The Bertz CT molecular complexity index is 894. The minimum absolute atomic E-state index is 0.0217. The summed E-state index contributed by atoms with van der Waals surface area (Å²) in [5, 5.41) is 11.7. The predicted molar refractivity (Wildman–Crippen MR) is 114 cm³/mol. The Morgan fingerprint density at radius 2 is 2.13 bits per heavy atom. The summed E-state index contributed by atoms with van der Waals surface area (Å²) < 4.78 is 18.6. The number of hydrogen-bond acceptors (Lipinski definition) is 7. The number of amides is 1. The highest BCUT2D eigenvalue weighted by atomic mass is 16.5. The van der Waals surface area contributed by atoms with Crippen LogP contribution in [0.4, 0.5) is 0 Å². The summed E-state index contributed by atoms with van der Waals surface area (Å²) in [6.45, 7) is 4.61. The summed E-state index contributed by atoms with van der Waals surface area (Å²) in [7, 11) is 3.33. The Hall–Kier alpha value is -2.65. The van der Waals surface area contributed by atoms with E-state index in [9.17, 15) is 4.79 Å². The molecule has 1 saturated heterocycles. The molecule has 168 valence electrons. The molecule has 2 aromatic rings. The van der Waals surface area contributed by atoms with Gasteiger partial charge in [-0.15, -0.1) is 10.2 Å². The van der Waals surface area contributed by atoms with Crippen LogP contribution in [0.1, 0.15) is 30.1 Å². The fraction of sp³-hybridized carbons (Fsp3) is 0.591. The maximum Gasteiger partial charge on any atom is 0.249 e. The number of aromatic nitrogens is 3. The van der Waals surface area contributed by atoms with Crippen LogP contribution < -0.4 is 14.8 Å². The number of methoxy groups -OCH3 is 2. The summed E-state index contributed by atoms with van der Waals surface area (Å²) in [6.07, 6.45) is 2.96. The molecule has 9 heteroatoms. The van der Waals surface area contributed by atoms with Gasteiger partial charge < -0.3 is 24.1 Å². The molecular weight excluding hydrogens is 398 g/mol. The van der Waals surface area contributed by atoms with Crippen LogP contribution in [0.3, 0.4) is 0 Å². The molecule has 2 aliphatic heterocycles. The molecule has 1 aromatic carbocycles. The number of nitrogens with one attached hydrogen (secondary N) is 1. The van der Waals surface area contributed by atoms with Gasteiger partial charge in [-0.05, 0) is 18.9 Å².